The number of benzene rings is 17. The molecular formula is C117H77N9. The van der Waals surface area contributed by atoms with E-state index in [0.717, 1.165) is 82.9 Å². The summed E-state index contributed by atoms with van der Waals surface area (Å²) in [6.45, 7) is 0. The van der Waals surface area contributed by atoms with Crippen molar-refractivity contribution in [2.75, 3.05) is 0 Å². The molecule has 26 rings (SSSR count). The Labute approximate surface area is 726 Å². The smallest absolute Gasteiger partial charge is 0.0963 e. The minimum atomic E-state index is 1.01. The van der Waals surface area contributed by atoms with Gasteiger partial charge in [-0.3, -0.25) is 15.0 Å². The van der Waals surface area contributed by atoms with Gasteiger partial charge in [0.15, 0.2) is 0 Å². The Balaban J connectivity index is 0.000000106. The number of fused-ring (bicyclic) bond motifs is 18. The van der Waals surface area contributed by atoms with E-state index in [0.29, 0.717) is 0 Å². The Morgan fingerprint density at radius 2 is 0.325 bits per heavy atom. The predicted octanol–water partition coefficient (Wildman–Crippen LogP) is 30.2. The molecule has 0 amide bonds. The van der Waals surface area contributed by atoms with Crippen LogP contribution in [0.1, 0.15) is 0 Å². The molecule has 9 heterocycles. The maximum atomic E-state index is 4.87. The van der Waals surface area contributed by atoms with Gasteiger partial charge in [0.1, 0.15) is 0 Å². The summed E-state index contributed by atoms with van der Waals surface area (Å²) >= 11 is 0. The van der Waals surface area contributed by atoms with Gasteiger partial charge in [-0.05, 0) is 256 Å². The van der Waals surface area contributed by atoms with Gasteiger partial charge in [0.2, 0.25) is 0 Å². The molecule has 0 bridgehead atoms. The largest absolute Gasteiger partial charge is 0.309 e. The van der Waals surface area contributed by atoms with Crippen LogP contribution in [0.15, 0.2) is 468 Å². The van der Waals surface area contributed by atoms with Gasteiger partial charge in [-0.2, -0.15) is 0 Å². The van der Waals surface area contributed by atoms with E-state index in [1.165, 1.54) is 138 Å². The number of pyridine rings is 3. The Morgan fingerprint density at radius 1 is 0.119 bits per heavy atom. The summed E-state index contributed by atoms with van der Waals surface area (Å²) < 4.78 is 14.0. The fourth-order valence-electron chi connectivity index (χ4n) is 19.4. The molecule has 9 nitrogen and oxygen atoms in total. The normalized spacial score (nSPS) is 11.7. The van der Waals surface area contributed by atoms with Gasteiger partial charge < -0.3 is 27.4 Å². The third kappa shape index (κ3) is 12.4. The molecule has 590 valence electrons. The van der Waals surface area contributed by atoms with Crippen LogP contribution in [0.2, 0.25) is 0 Å². The van der Waals surface area contributed by atoms with Crippen molar-refractivity contribution >= 4 is 131 Å². The van der Waals surface area contributed by atoms with Crippen molar-refractivity contribution in [2.24, 2.45) is 0 Å². The zero-order valence-electron chi connectivity index (χ0n) is 68.5. The molecule has 26 aromatic rings. The highest BCUT2D eigenvalue weighted by molar-refractivity contribution is 6.16. The topological polar surface area (TPSA) is 68.2 Å². The Hall–Kier alpha value is -17.0. The molecule has 17 aromatic carbocycles. The molecule has 0 N–H and O–H groups in total. The summed E-state index contributed by atoms with van der Waals surface area (Å²) in [5.41, 5.74) is 36.0. The molecule has 0 aliphatic rings. The standard InChI is InChI=1S/2C41H27N3.C35H23N3/c1-3-11-28(12-4-1)29-13-9-16-33(25-29)44-39-23-21-31(27-36(39)41-40(44)19-10-24-42-41)30-20-22-38-35(26-30)34-17-7-8-18-37(34)43(38)32-14-5-2-6-15-32;1-3-10-28(11-4-1)29-17-21-33(22-18-29)44-39-24-20-31(27-36(39)41-40(44)16-9-25-42-41)30-19-23-38-35(26-30)34-14-7-8-15-37(34)43(38)32-12-5-2-6-13-32;1-3-10-26(11-4-1)37-31-15-8-7-14-28(31)29-22-24(17-19-32(29)37)25-18-20-33-30(23-25)35-34(16-9-21-36-35)38(33)27-12-5-2-6-13-27/h2*1-27H;1-23H. The molecule has 0 saturated carbocycles. The van der Waals surface area contributed by atoms with E-state index >= 15 is 0 Å². The lowest BCUT2D eigenvalue weighted by molar-refractivity contribution is 1.17. The van der Waals surface area contributed by atoms with Crippen LogP contribution in [0, 0.1) is 0 Å². The van der Waals surface area contributed by atoms with Gasteiger partial charge in [-0.15, -0.1) is 0 Å². The first kappa shape index (κ1) is 73.0. The molecule has 0 aliphatic heterocycles. The average Bonchev–Trinajstić information content (AvgIpc) is 1.59. The van der Waals surface area contributed by atoms with Crippen molar-refractivity contribution in [1.82, 2.24) is 42.4 Å². The average molecular weight is 1610 g/mol. The SMILES string of the molecule is c1ccc(-c2ccc(-n3c4ccc(-c5ccc6c(c5)c5ccccc5n6-c5ccccc5)cc4c4ncccc43)cc2)cc1.c1ccc(-c2cccc(-n3c4ccc(-c5ccc6c(c5)c5ccccc5n6-c5ccccc5)cc4c4ncccc43)c2)cc1.c1ccc(-n2c3ccccc3c3cc(-c4ccc5c(c4)c4ncccc4n5-c4ccccc4)ccc32)cc1. The Bertz CT molecular complexity index is 8520. The minimum Gasteiger partial charge on any atom is -0.309 e. The predicted molar refractivity (Wildman–Crippen MR) is 526 cm³/mol. The molecule has 9 heteroatoms. The van der Waals surface area contributed by atoms with E-state index in [4.69, 9.17) is 15.0 Å². The first-order valence-corrected chi connectivity index (χ1v) is 42.9. The maximum Gasteiger partial charge on any atom is 0.0963 e. The van der Waals surface area contributed by atoms with E-state index in [-0.39, 0.29) is 0 Å². The number of rotatable bonds is 11. The fourth-order valence-corrected chi connectivity index (χ4v) is 19.4. The Morgan fingerprint density at radius 3 is 0.659 bits per heavy atom. The highest BCUT2D eigenvalue weighted by Crippen LogP contribution is 2.44. The minimum absolute atomic E-state index is 1.01. The second kappa shape index (κ2) is 30.6. The van der Waals surface area contributed by atoms with E-state index in [1.807, 2.05) is 36.8 Å². The van der Waals surface area contributed by atoms with Crippen molar-refractivity contribution in [2.45, 2.75) is 0 Å². The zero-order chi connectivity index (χ0) is 83.1. The lowest BCUT2D eigenvalue weighted by Crippen LogP contribution is -1.94. The fraction of sp³-hybridized carbons (Fsp3) is 0. The molecule has 0 aliphatic carbocycles. The summed E-state index contributed by atoms with van der Waals surface area (Å²) in [5.74, 6) is 0. The number of para-hydroxylation sites is 7. The van der Waals surface area contributed by atoms with Crippen LogP contribution in [0.25, 0.3) is 221 Å². The van der Waals surface area contributed by atoms with Crippen molar-refractivity contribution in [3.8, 4) is 89.8 Å². The molecule has 0 spiro atoms. The molecular weight excluding hydrogens is 1530 g/mol. The summed E-state index contributed by atoms with van der Waals surface area (Å²) in [7, 11) is 0. The monoisotopic (exact) mass is 1610 g/mol. The van der Waals surface area contributed by atoms with Crippen molar-refractivity contribution in [1.29, 1.82) is 0 Å². The molecule has 0 radical (unpaired) electrons. The van der Waals surface area contributed by atoms with Gasteiger partial charge >= 0.3 is 0 Å². The number of nitrogens with zero attached hydrogens (tertiary/aromatic N) is 9. The maximum absolute atomic E-state index is 4.87. The number of hydrogen-bond donors (Lipinski definition) is 0. The van der Waals surface area contributed by atoms with Crippen molar-refractivity contribution in [3.63, 3.8) is 0 Å². The van der Waals surface area contributed by atoms with Crippen LogP contribution in [0.5, 0.6) is 0 Å². The van der Waals surface area contributed by atoms with E-state index in [9.17, 15) is 0 Å². The van der Waals surface area contributed by atoms with Gasteiger partial charge in [0.25, 0.3) is 0 Å². The number of aromatic nitrogens is 9. The quantitative estimate of drug-likeness (QED) is 0.130. The Kier molecular flexibility index (Phi) is 17.7. The third-order valence-electron chi connectivity index (χ3n) is 25.1. The highest BCUT2D eigenvalue weighted by atomic mass is 15.0. The first-order chi connectivity index (χ1) is 62.5. The molecule has 0 unspecified atom stereocenters. The van der Waals surface area contributed by atoms with Crippen LogP contribution in [0.4, 0.5) is 0 Å². The summed E-state index contributed by atoms with van der Waals surface area (Å²) in [4.78, 5) is 14.5. The molecule has 0 saturated heterocycles. The number of hydrogen-bond acceptors (Lipinski definition) is 3. The van der Waals surface area contributed by atoms with Gasteiger partial charge in [0, 0.05) is 101 Å². The van der Waals surface area contributed by atoms with Gasteiger partial charge in [0.05, 0.1) is 82.8 Å². The van der Waals surface area contributed by atoms with E-state index in [2.05, 4.69) is 458 Å². The lowest BCUT2D eigenvalue weighted by atomic mass is 10.0. The molecule has 126 heavy (non-hydrogen) atoms. The van der Waals surface area contributed by atoms with E-state index < -0.39 is 0 Å². The zero-order valence-corrected chi connectivity index (χ0v) is 68.5. The van der Waals surface area contributed by atoms with Gasteiger partial charge in [-0.25, -0.2) is 0 Å². The van der Waals surface area contributed by atoms with Crippen LogP contribution in [-0.4, -0.2) is 42.4 Å². The van der Waals surface area contributed by atoms with E-state index in [1.54, 1.807) is 0 Å². The molecule has 9 aromatic heterocycles. The first-order valence-electron chi connectivity index (χ1n) is 42.9. The summed E-state index contributed by atoms with van der Waals surface area (Å²) in [6.07, 6.45) is 5.67. The molecule has 0 fully saturated rings. The van der Waals surface area contributed by atoms with Crippen molar-refractivity contribution in [3.05, 3.63) is 468 Å². The van der Waals surface area contributed by atoms with Crippen LogP contribution in [0.3, 0.4) is 0 Å². The highest BCUT2D eigenvalue weighted by Gasteiger charge is 2.23. The van der Waals surface area contributed by atoms with Crippen LogP contribution >= 0.6 is 0 Å². The van der Waals surface area contributed by atoms with Gasteiger partial charge in [-0.1, -0.05) is 249 Å². The second-order valence-electron chi connectivity index (χ2n) is 32.2. The second-order valence-corrected chi connectivity index (χ2v) is 32.2. The summed E-state index contributed by atoms with van der Waals surface area (Å²) in [6, 6.07) is 160. The summed E-state index contributed by atoms with van der Waals surface area (Å²) in [5, 5.41) is 11.0. The lowest BCUT2D eigenvalue weighted by Gasteiger charge is -2.11. The van der Waals surface area contributed by atoms with Crippen LogP contribution in [-0.2, 0) is 0 Å². The van der Waals surface area contributed by atoms with Crippen molar-refractivity contribution < 1.29 is 0 Å². The third-order valence-corrected chi connectivity index (χ3v) is 25.1. The molecule has 0 atom stereocenters. The van der Waals surface area contributed by atoms with Crippen LogP contribution < -0.4 is 0 Å².